The molecule has 3 aromatic carbocycles. The predicted molar refractivity (Wildman–Crippen MR) is 137 cm³/mol. The van der Waals surface area contributed by atoms with E-state index in [1.54, 1.807) is 0 Å². The monoisotopic (exact) mass is 537 g/mol. The molecule has 0 aliphatic heterocycles. The summed E-state index contributed by atoms with van der Waals surface area (Å²) in [4.78, 5) is 40.0. The quantitative estimate of drug-likeness (QED) is 0.270. The number of rotatable bonds is 8. The fourth-order valence-corrected chi connectivity index (χ4v) is 4.45. The molecule has 4 rings (SSSR count). The number of carbonyl (C=O) groups excluding carboxylic acids is 3. The number of carbonyl (C=O) groups is 3. The van der Waals surface area contributed by atoms with E-state index >= 15 is 0 Å². The van der Waals surface area contributed by atoms with Crippen LogP contribution in [-0.4, -0.2) is 27.2 Å². The van der Waals surface area contributed by atoms with Gasteiger partial charge >= 0.3 is 0 Å². The molecule has 9 nitrogen and oxygen atoms in total. The van der Waals surface area contributed by atoms with Crippen LogP contribution in [-0.2, 0) is 11.3 Å². The maximum absolute atomic E-state index is 14.3. The van der Waals surface area contributed by atoms with Gasteiger partial charge in [-0.15, -0.1) is 0 Å². The van der Waals surface area contributed by atoms with Crippen molar-refractivity contribution in [2.75, 3.05) is 10.6 Å². The second kappa shape index (κ2) is 11.0. The minimum Gasteiger partial charge on any atom is -0.508 e. The van der Waals surface area contributed by atoms with Gasteiger partial charge in [-0.1, -0.05) is 30.3 Å². The van der Waals surface area contributed by atoms with E-state index in [1.807, 2.05) is 0 Å². The van der Waals surface area contributed by atoms with Crippen LogP contribution >= 0.6 is 11.5 Å². The lowest BCUT2D eigenvalue weighted by molar-refractivity contribution is -0.122. The number of phenolic OH excluding ortho intramolecular Hbond substituents is 1. The third-order valence-corrected chi connectivity index (χ3v) is 6.41. The zero-order valence-electron chi connectivity index (χ0n) is 19.6. The van der Waals surface area contributed by atoms with Crippen LogP contribution in [0.1, 0.15) is 37.3 Å². The Morgan fingerprint density at radius 2 is 1.68 bits per heavy atom. The van der Waals surface area contributed by atoms with Crippen LogP contribution in [0.25, 0.3) is 0 Å². The van der Waals surface area contributed by atoms with E-state index in [1.165, 1.54) is 66.7 Å². The van der Waals surface area contributed by atoms with Crippen molar-refractivity contribution in [1.29, 1.82) is 0 Å². The molecule has 6 N–H and O–H groups in total. The van der Waals surface area contributed by atoms with Gasteiger partial charge in [0.05, 0.1) is 5.69 Å². The van der Waals surface area contributed by atoms with Gasteiger partial charge in [0.25, 0.3) is 11.8 Å². The molecule has 0 radical (unpaired) electrons. The van der Waals surface area contributed by atoms with E-state index in [0.717, 1.165) is 11.0 Å². The Morgan fingerprint density at radius 1 is 1.00 bits per heavy atom. The lowest BCUT2D eigenvalue weighted by Gasteiger charge is -2.31. The number of anilines is 2. The summed E-state index contributed by atoms with van der Waals surface area (Å²) in [6, 6.07) is 14.6. The average molecular weight is 538 g/mol. The van der Waals surface area contributed by atoms with Crippen molar-refractivity contribution < 1.29 is 28.3 Å². The molecule has 194 valence electrons. The number of benzene rings is 3. The van der Waals surface area contributed by atoms with E-state index in [-0.39, 0.29) is 39.8 Å². The van der Waals surface area contributed by atoms with Crippen molar-refractivity contribution in [3.05, 3.63) is 106 Å². The Labute approximate surface area is 219 Å². The first-order chi connectivity index (χ1) is 18.2. The summed E-state index contributed by atoms with van der Waals surface area (Å²) in [5, 5.41) is 12.5. The molecular weight excluding hydrogens is 516 g/mol. The van der Waals surface area contributed by atoms with Crippen LogP contribution < -0.4 is 21.7 Å². The van der Waals surface area contributed by atoms with Crippen molar-refractivity contribution in [3.8, 4) is 5.75 Å². The van der Waals surface area contributed by atoms with Crippen LogP contribution in [0.3, 0.4) is 0 Å². The molecule has 0 aliphatic carbocycles. The van der Waals surface area contributed by atoms with E-state index in [2.05, 4.69) is 9.69 Å². The first-order valence-corrected chi connectivity index (χ1v) is 11.9. The second-order valence-electron chi connectivity index (χ2n) is 8.13. The van der Waals surface area contributed by atoms with Crippen LogP contribution in [0.4, 0.5) is 20.2 Å². The number of nitrogen functional groups attached to an aromatic ring is 1. The topological polar surface area (TPSA) is 152 Å². The molecule has 4 aromatic rings. The number of amides is 3. The van der Waals surface area contributed by atoms with Crippen molar-refractivity contribution in [2.45, 2.75) is 12.6 Å². The lowest BCUT2D eigenvalue weighted by atomic mass is 10.0. The number of hydrogen-bond acceptors (Lipinski definition) is 7. The van der Waals surface area contributed by atoms with E-state index in [0.29, 0.717) is 17.1 Å². The summed E-state index contributed by atoms with van der Waals surface area (Å²) in [7, 11) is 0. The zero-order chi connectivity index (χ0) is 27.4. The molecule has 0 bridgehead atoms. The maximum atomic E-state index is 14.3. The summed E-state index contributed by atoms with van der Waals surface area (Å²) in [6.07, 6.45) is 0. The number of nitrogens with two attached hydrogens (primary N) is 2. The number of nitrogens with one attached hydrogen (secondary N) is 1. The first-order valence-electron chi connectivity index (χ1n) is 11.1. The van der Waals surface area contributed by atoms with Gasteiger partial charge in [-0.25, -0.2) is 8.78 Å². The van der Waals surface area contributed by atoms with Gasteiger partial charge in [0, 0.05) is 12.2 Å². The number of aromatic nitrogens is 1. The van der Waals surface area contributed by atoms with E-state index in [4.69, 9.17) is 11.5 Å². The highest BCUT2D eigenvalue weighted by atomic mass is 32.1. The summed E-state index contributed by atoms with van der Waals surface area (Å²) in [5.41, 5.74) is 11.6. The molecule has 1 atom stereocenters. The highest BCUT2D eigenvalue weighted by molar-refractivity contribution is 7.09. The molecule has 0 saturated heterocycles. The van der Waals surface area contributed by atoms with Crippen molar-refractivity contribution in [2.24, 2.45) is 5.73 Å². The fourth-order valence-electron chi connectivity index (χ4n) is 3.71. The molecule has 0 fully saturated rings. The molecule has 1 heterocycles. The van der Waals surface area contributed by atoms with Crippen molar-refractivity contribution >= 4 is 40.6 Å². The predicted octanol–water partition coefficient (Wildman–Crippen LogP) is 3.51. The van der Waals surface area contributed by atoms with Crippen molar-refractivity contribution in [1.82, 2.24) is 9.69 Å². The molecule has 0 aliphatic rings. The summed E-state index contributed by atoms with van der Waals surface area (Å²) < 4.78 is 31.5. The van der Waals surface area contributed by atoms with Crippen LogP contribution in [0, 0.1) is 11.6 Å². The number of phenols is 1. The van der Waals surface area contributed by atoms with Crippen LogP contribution in [0.5, 0.6) is 5.75 Å². The molecule has 1 unspecified atom stereocenters. The minimum atomic E-state index is -1.39. The highest BCUT2D eigenvalue weighted by Crippen LogP contribution is 2.34. The minimum absolute atomic E-state index is 0.00655. The Balaban J connectivity index is 1.81. The standard InChI is InChI=1S/C26H21F2N5O4S/c27-16-8-4-14(5-9-16)13-31-25(36)22(15-6-10-19(34)11-7-15)33(18-3-1-2-17(28)12-18)26(37)23-20(29)21(24(30)35)32-38-23/h1-12,22,34H,13,29H2,(H2,30,35)(H,31,36). The van der Waals surface area contributed by atoms with Crippen LogP contribution in [0.2, 0.25) is 0 Å². The van der Waals surface area contributed by atoms with Gasteiger partial charge in [-0.2, -0.15) is 4.37 Å². The van der Waals surface area contributed by atoms with Gasteiger partial charge in [0.2, 0.25) is 5.91 Å². The number of nitrogens with zero attached hydrogens (tertiary/aromatic N) is 2. The first kappa shape index (κ1) is 26.2. The summed E-state index contributed by atoms with van der Waals surface area (Å²) >= 11 is 0.610. The second-order valence-corrected chi connectivity index (χ2v) is 8.90. The molecule has 0 spiro atoms. The van der Waals surface area contributed by atoms with E-state index in [9.17, 15) is 28.3 Å². The number of primary amides is 1. The Morgan fingerprint density at radius 3 is 2.29 bits per heavy atom. The summed E-state index contributed by atoms with van der Waals surface area (Å²) in [5.74, 6) is -3.65. The lowest BCUT2D eigenvalue weighted by Crippen LogP contribution is -2.44. The Kier molecular flexibility index (Phi) is 7.63. The fraction of sp³-hybridized carbons (Fsp3) is 0.0769. The molecule has 12 heteroatoms. The molecule has 1 aromatic heterocycles. The maximum Gasteiger partial charge on any atom is 0.273 e. The van der Waals surface area contributed by atoms with Gasteiger partial charge < -0.3 is 21.9 Å². The van der Waals surface area contributed by atoms with E-state index < -0.39 is 35.4 Å². The zero-order valence-corrected chi connectivity index (χ0v) is 20.4. The number of aromatic hydroxyl groups is 1. The largest absolute Gasteiger partial charge is 0.508 e. The average Bonchev–Trinajstić information content (AvgIpc) is 3.28. The number of hydrogen-bond donors (Lipinski definition) is 4. The Hall–Kier alpha value is -4.84. The molecular formula is C26H21F2N5O4S. The highest BCUT2D eigenvalue weighted by Gasteiger charge is 2.36. The number of halogens is 2. The molecule has 0 saturated carbocycles. The van der Waals surface area contributed by atoms with Crippen LogP contribution in [0.15, 0.2) is 72.8 Å². The van der Waals surface area contributed by atoms with Gasteiger partial charge in [-0.05, 0) is 65.1 Å². The van der Waals surface area contributed by atoms with Gasteiger partial charge in [0.1, 0.15) is 28.3 Å². The third-order valence-electron chi connectivity index (χ3n) is 5.56. The molecule has 3 amide bonds. The van der Waals surface area contributed by atoms with Gasteiger partial charge in [-0.3, -0.25) is 19.3 Å². The summed E-state index contributed by atoms with van der Waals surface area (Å²) in [6.45, 7) is -0.00655. The third kappa shape index (κ3) is 5.60. The molecule has 38 heavy (non-hydrogen) atoms. The van der Waals surface area contributed by atoms with Gasteiger partial charge in [0.15, 0.2) is 5.69 Å². The normalized spacial score (nSPS) is 11.5. The SMILES string of the molecule is NC(=O)c1nsc(C(=O)N(c2cccc(F)c2)C(C(=O)NCc2ccc(F)cc2)c2ccc(O)cc2)c1N. The van der Waals surface area contributed by atoms with Crippen molar-refractivity contribution in [3.63, 3.8) is 0 Å². The Bertz CT molecular complexity index is 1490. The smallest absolute Gasteiger partial charge is 0.273 e.